The van der Waals surface area contributed by atoms with Crippen LogP contribution in [-0.2, 0) is 11.2 Å². The van der Waals surface area contributed by atoms with Gasteiger partial charge >= 0.3 is 0 Å². The van der Waals surface area contributed by atoms with Gasteiger partial charge in [-0.1, -0.05) is 31.4 Å². The summed E-state index contributed by atoms with van der Waals surface area (Å²) >= 11 is 0. The van der Waals surface area contributed by atoms with Crippen LogP contribution in [0.3, 0.4) is 0 Å². The molecule has 1 aromatic carbocycles. The fraction of sp³-hybridized carbons (Fsp3) is 0.680. The standard InChI is InChI=1S/C25H39NO2/c1-18-7-10-22(27)16-21(18)9-8-20-6-5-13-25(3)23(11-12-24(20)25)19(2)17-28-15-14-26-4/h7,10,16,20,24,26-27H,5-6,8-9,11-15,17H2,1-4H3/b23-19+. The van der Waals surface area contributed by atoms with Crippen molar-refractivity contribution < 1.29 is 9.84 Å². The van der Waals surface area contributed by atoms with Gasteiger partial charge in [-0.05, 0) is 99.1 Å². The second kappa shape index (κ2) is 9.45. The third-order valence-electron chi connectivity index (χ3n) is 7.50. The first-order chi connectivity index (χ1) is 13.5. The molecule has 0 radical (unpaired) electrons. The van der Waals surface area contributed by atoms with Gasteiger partial charge in [0.1, 0.15) is 5.75 Å². The van der Waals surface area contributed by atoms with Crippen molar-refractivity contribution >= 4 is 0 Å². The van der Waals surface area contributed by atoms with Gasteiger partial charge in [0.25, 0.3) is 0 Å². The largest absolute Gasteiger partial charge is 0.508 e. The summed E-state index contributed by atoms with van der Waals surface area (Å²) in [7, 11) is 1.97. The van der Waals surface area contributed by atoms with Crippen LogP contribution >= 0.6 is 0 Å². The lowest BCUT2D eigenvalue weighted by Crippen LogP contribution is -2.34. The SMILES string of the molecule is CNCCOC/C(C)=C1\CCC2C(CCc3cc(O)ccc3C)CCCC12C. The van der Waals surface area contributed by atoms with E-state index in [1.54, 1.807) is 11.6 Å². The number of aromatic hydroxyl groups is 1. The Hall–Kier alpha value is -1.32. The second-order valence-electron chi connectivity index (χ2n) is 9.28. The molecule has 3 rings (SSSR count). The molecule has 0 aliphatic heterocycles. The number of aryl methyl sites for hydroxylation is 2. The average Bonchev–Trinajstić information content (AvgIpc) is 3.03. The van der Waals surface area contributed by atoms with E-state index >= 15 is 0 Å². The molecule has 2 aliphatic rings. The molecular formula is C25H39NO2. The monoisotopic (exact) mass is 385 g/mol. The van der Waals surface area contributed by atoms with E-state index in [4.69, 9.17) is 4.74 Å². The molecule has 0 spiro atoms. The number of rotatable bonds is 8. The highest BCUT2D eigenvalue weighted by Gasteiger charge is 2.48. The van der Waals surface area contributed by atoms with Crippen molar-refractivity contribution in [1.82, 2.24) is 5.32 Å². The molecule has 0 aromatic heterocycles. The fourth-order valence-corrected chi connectivity index (χ4v) is 5.95. The van der Waals surface area contributed by atoms with Crippen molar-refractivity contribution in [1.29, 1.82) is 0 Å². The van der Waals surface area contributed by atoms with Crippen LogP contribution in [0.1, 0.15) is 63.5 Å². The lowest BCUT2D eigenvalue weighted by Gasteiger charge is -2.43. The Kier molecular flexibility index (Phi) is 7.22. The Morgan fingerprint density at radius 1 is 1.32 bits per heavy atom. The van der Waals surface area contributed by atoms with Crippen molar-refractivity contribution in [2.24, 2.45) is 17.3 Å². The number of allylic oxidation sites excluding steroid dienone is 1. The second-order valence-corrected chi connectivity index (χ2v) is 9.28. The Labute approximate surface area is 171 Å². The first kappa shape index (κ1) is 21.4. The van der Waals surface area contributed by atoms with Crippen molar-refractivity contribution in [3.8, 4) is 5.75 Å². The van der Waals surface area contributed by atoms with Gasteiger partial charge in [0.2, 0.25) is 0 Å². The smallest absolute Gasteiger partial charge is 0.115 e. The highest BCUT2D eigenvalue weighted by Crippen LogP contribution is 2.58. The van der Waals surface area contributed by atoms with Crippen molar-refractivity contribution in [2.75, 3.05) is 26.8 Å². The lowest BCUT2D eigenvalue weighted by molar-refractivity contribution is 0.106. The predicted octanol–water partition coefficient (Wildman–Crippen LogP) is 5.40. The van der Waals surface area contributed by atoms with Crippen LogP contribution in [0.4, 0.5) is 0 Å². The summed E-state index contributed by atoms with van der Waals surface area (Å²) in [4.78, 5) is 0. The van der Waals surface area contributed by atoms with Crippen LogP contribution in [0, 0.1) is 24.2 Å². The molecule has 2 fully saturated rings. The average molecular weight is 386 g/mol. The molecule has 0 heterocycles. The van der Waals surface area contributed by atoms with E-state index in [0.717, 1.165) is 38.0 Å². The van der Waals surface area contributed by atoms with Crippen molar-refractivity contribution in [3.63, 3.8) is 0 Å². The van der Waals surface area contributed by atoms with Gasteiger partial charge in [-0.2, -0.15) is 0 Å². The van der Waals surface area contributed by atoms with Crippen LogP contribution in [0.5, 0.6) is 5.75 Å². The normalized spacial score (nSPS) is 29.0. The zero-order valence-corrected chi connectivity index (χ0v) is 18.3. The molecule has 2 aliphatic carbocycles. The third-order valence-corrected chi connectivity index (χ3v) is 7.50. The van der Waals surface area contributed by atoms with E-state index in [1.165, 1.54) is 55.2 Å². The summed E-state index contributed by atoms with van der Waals surface area (Å²) < 4.78 is 5.89. The minimum atomic E-state index is 0.368. The van der Waals surface area contributed by atoms with Crippen LogP contribution in [0.25, 0.3) is 0 Å². The number of likely N-dealkylation sites (N-methyl/N-ethyl adjacent to an activating group) is 1. The lowest BCUT2D eigenvalue weighted by atomic mass is 9.61. The van der Waals surface area contributed by atoms with E-state index in [9.17, 15) is 5.11 Å². The number of phenols is 1. The quantitative estimate of drug-likeness (QED) is 0.465. The third kappa shape index (κ3) is 4.63. The zero-order valence-electron chi connectivity index (χ0n) is 18.3. The summed E-state index contributed by atoms with van der Waals surface area (Å²) in [5, 5.41) is 13.0. The Bertz CT molecular complexity index is 696. The minimum Gasteiger partial charge on any atom is -0.508 e. The summed E-state index contributed by atoms with van der Waals surface area (Å²) in [6.45, 7) is 9.47. The predicted molar refractivity (Wildman–Crippen MR) is 117 cm³/mol. The molecule has 28 heavy (non-hydrogen) atoms. The Morgan fingerprint density at radius 3 is 2.93 bits per heavy atom. The number of hydrogen-bond acceptors (Lipinski definition) is 3. The maximum absolute atomic E-state index is 9.84. The molecule has 0 saturated heterocycles. The van der Waals surface area contributed by atoms with E-state index < -0.39 is 0 Å². The van der Waals surface area contributed by atoms with Crippen LogP contribution in [0.2, 0.25) is 0 Å². The van der Waals surface area contributed by atoms with Gasteiger partial charge in [0.15, 0.2) is 0 Å². The molecular weight excluding hydrogens is 346 g/mol. The molecule has 3 nitrogen and oxygen atoms in total. The highest BCUT2D eigenvalue weighted by atomic mass is 16.5. The molecule has 2 N–H and O–H groups in total. The van der Waals surface area contributed by atoms with E-state index in [2.05, 4.69) is 26.1 Å². The Balaban J connectivity index is 1.66. The van der Waals surface area contributed by atoms with Gasteiger partial charge < -0.3 is 15.2 Å². The summed E-state index contributed by atoms with van der Waals surface area (Å²) in [6, 6.07) is 5.81. The minimum absolute atomic E-state index is 0.368. The number of phenolic OH excluding ortho intramolecular Hbond substituents is 1. The number of nitrogens with one attached hydrogen (secondary N) is 1. The molecule has 2 saturated carbocycles. The first-order valence-corrected chi connectivity index (χ1v) is 11.2. The molecule has 3 heteroatoms. The Morgan fingerprint density at radius 2 is 2.14 bits per heavy atom. The molecule has 156 valence electrons. The topological polar surface area (TPSA) is 41.5 Å². The van der Waals surface area contributed by atoms with E-state index in [-0.39, 0.29) is 0 Å². The molecule has 1 aromatic rings. The van der Waals surface area contributed by atoms with E-state index in [0.29, 0.717) is 11.2 Å². The summed E-state index contributed by atoms with van der Waals surface area (Å²) in [6.07, 6.45) is 8.96. The van der Waals surface area contributed by atoms with Gasteiger partial charge in [-0.3, -0.25) is 0 Å². The van der Waals surface area contributed by atoms with Gasteiger partial charge in [-0.25, -0.2) is 0 Å². The number of benzene rings is 1. The van der Waals surface area contributed by atoms with Gasteiger partial charge in [0, 0.05) is 6.54 Å². The number of hydrogen-bond donors (Lipinski definition) is 2. The fourth-order valence-electron chi connectivity index (χ4n) is 5.95. The molecule has 3 atom stereocenters. The van der Waals surface area contributed by atoms with Crippen LogP contribution < -0.4 is 5.32 Å². The van der Waals surface area contributed by atoms with E-state index in [1.807, 2.05) is 19.2 Å². The summed E-state index contributed by atoms with van der Waals surface area (Å²) in [5.41, 5.74) is 6.16. The zero-order chi connectivity index (χ0) is 20.1. The molecule has 0 bridgehead atoms. The van der Waals surface area contributed by atoms with Crippen molar-refractivity contribution in [3.05, 3.63) is 40.5 Å². The number of ether oxygens (including phenoxy) is 1. The van der Waals surface area contributed by atoms with Crippen molar-refractivity contribution in [2.45, 2.75) is 65.7 Å². The first-order valence-electron chi connectivity index (χ1n) is 11.2. The molecule has 0 amide bonds. The van der Waals surface area contributed by atoms with Crippen LogP contribution in [0.15, 0.2) is 29.3 Å². The maximum atomic E-state index is 9.84. The van der Waals surface area contributed by atoms with Crippen LogP contribution in [-0.4, -0.2) is 31.9 Å². The maximum Gasteiger partial charge on any atom is 0.115 e. The van der Waals surface area contributed by atoms with Gasteiger partial charge in [0.05, 0.1) is 13.2 Å². The highest BCUT2D eigenvalue weighted by molar-refractivity contribution is 5.34. The summed E-state index contributed by atoms with van der Waals surface area (Å²) in [5.74, 6) is 2.01. The number of fused-ring (bicyclic) bond motifs is 1. The molecule has 3 unspecified atom stereocenters. The van der Waals surface area contributed by atoms with Gasteiger partial charge in [-0.15, -0.1) is 0 Å².